The van der Waals surface area contributed by atoms with Crippen LogP contribution in [0.4, 0.5) is 10.5 Å². The maximum atomic E-state index is 13.2. The third-order valence-corrected chi connectivity index (χ3v) is 7.75. The maximum absolute atomic E-state index is 13.2. The van der Waals surface area contributed by atoms with Crippen molar-refractivity contribution in [2.75, 3.05) is 52.8 Å². The lowest BCUT2D eigenvalue weighted by Gasteiger charge is -2.26. The SMILES string of the molecule is COc1ccc(C(=O)Nc2ccccc2SC(=O)N(C)C)cc1S(=O)(=O)N1CCOCC1. The highest BCUT2D eigenvalue weighted by atomic mass is 32.2. The van der Waals surface area contributed by atoms with E-state index in [1.54, 1.807) is 38.4 Å². The second-order valence-electron chi connectivity index (χ2n) is 7.09. The fraction of sp³-hybridized carbons (Fsp3) is 0.333. The molecule has 172 valence electrons. The highest BCUT2D eigenvalue weighted by Gasteiger charge is 2.30. The van der Waals surface area contributed by atoms with E-state index in [1.807, 2.05) is 0 Å². The summed E-state index contributed by atoms with van der Waals surface area (Å²) in [7, 11) is 0.791. The van der Waals surface area contributed by atoms with Crippen LogP contribution in [-0.4, -0.2) is 76.3 Å². The Balaban J connectivity index is 1.89. The summed E-state index contributed by atoms with van der Waals surface area (Å²) in [4.78, 5) is 27.0. The molecule has 2 aromatic carbocycles. The summed E-state index contributed by atoms with van der Waals surface area (Å²) in [5, 5.41) is 2.58. The average Bonchev–Trinajstić information content (AvgIpc) is 2.80. The van der Waals surface area contributed by atoms with Crippen molar-refractivity contribution in [1.29, 1.82) is 0 Å². The molecule has 0 unspecified atom stereocenters. The number of para-hydroxylation sites is 1. The highest BCUT2D eigenvalue weighted by Crippen LogP contribution is 2.31. The van der Waals surface area contributed by atoms with Gasteiger partial charge in [-0.05, 0) is 42.1 Å². The van der Waals surface area contributed by atoms with E-state index in [0.717, 1.165) is 11.8 Å². The van der Waals surface area contributed by atoms with Crippen molar-refractivity contribution in [1.82, 2.24) is 9.21 Å². The van der Waals surface area contributed by atoms with E-state index in [2.05, 4.69) is 5.32 Å². The molecule has 0 radical (unpaired) electrons. The van der Waals surface area contributed by atoms with Gasteiger partial charge in [-0.25, -0.2) is 8.42 Å². The molecule has 3 rings (SSSR count). The number of carbonyl (C=O) groups is 2. The molecule has 11 heteroatoms. The van der Waals surface area contributed by atoms with E-state index >= 15 is 0 Å². The number of nitrogens with zero attached hydrogens (tertiary/aromatic N) is 2. The number of hydrogen-bond acceptors (Lipinski definition) is 7. The van der Waals surface area contributed by atoms with Crippen LogP contribution in [-0.2, 0) is 14.8 Å². The van der Waals surface area contributed by atoms with Gasteiger partial charge < -0.3 is 19.7 Å². The van der Waals surface area contributed by atoms with E-state index in [9.17, 15) is 18.0 Å². The number of hydrogen-bond donors (Lipinski definition) is 1. The van der Waals surface area contributed by atoms with Gasteiger partial charge in [0.25, 0.3) is 11.1 Å². The molecular formula is C21H25N3O6S2. The highest BCUT2D eigenvalue weighted by molar-refractivity contribution is 8.13. The smallest absolute Gasteiger partial charge is 0.286 e. The minimum Gasteiger partial charge on any atom is -0.495 e. The zero-order chi connectivity index (χ0) is 23.3. The topological polar surface area (TPSA) is 105 Å². The zero-order valence-corrected chi connectivity index (χ0v) is 19.7. The predicted octanol–water partition coefficient (Wildman–Crippen LogP) is 2.74. The number of amides is 2. The van der Waals surface area contributed by atoms with Gasteiger partial charge in [-0.3, -0.25) is 9.59 Å². The van der Waals surface area contributed by atoms with Crippen LogP contribution < -0.4 is 10.1 Å². The summed E-state index contributed by atoms with van der Waals surface area (Å²) in [6.45, 7) is 1.07. The van der Waals surface area contributed by atoms with Crippen molar-refractivity contribution in [2.24, 2.45) is 0 Å². The second kappa shape index (κ2) is 10.3. The number of rotatable bonds is 6. The summed E-state index contributed by atoms with van der Waals surface area (Å²) >= 11 is 0.986. The Morgan fingerprint density at radius 1 is 1.12 bits per heavy atom. The third-order valence-electron chi connectivity index (χ3n) is 4.71. The molecule has 0 aliphatic carbocycles. The van der Waals surface area contributed by atoms with Gasteiger partial charge in [-0.2, -0.15) is 4.31 Å². The van der Waals surface area contributed by atoms with Crippen LogP contribution in [0.25, 0.3) is 0 Å². The number of nitrogens with one attached hydrogen (secondary N) is 1. The van der Waals surface area contributed by atoms with Crippen LogP contribution >= 0.6 is 11.8 Å². The minimum atomic E-state index is -3.87. The molecular weight excluding hydrogens is 454 g/mol. The van der Waals surface area contributed by atoms with Gasteiger partial charge in [0.1, 0.15) is 10.6 Å². The standard InChI is InChI=1S/C21H25N3O6S2/c1-23(2)21(26)31-18-7-5-4-6-16(18)22-20(25)15-8-9-17(29-3)19(14-15)32(27,28)24-10-12-30-13-11-24/h4-9,14H,10-13H2,1-3H3,(H,22,25). The summed E-state index contributed by atoms with van der Waals surface area (Å²) in [5.74, 6) is -0.350. The molecule has 1 heterocycles. The van der Waals surface area contributed by atoms with Gasteiger partial charge in [0.15, 0.2) is 0 Å². The minimum absolute atomic E-state index is 0.0833. The Hall–Kier alpha value is -2.60. The van der Waals surface area contributed by atoms with Crippen molar-refractivity contribution in [2.45, 2.75) is 9.79 Å². The summed E-state index contributed by atoms with van der Waals surface area (Å²) in [5.41, 5.74) is 0.600. The molecule has 9 nitrogen and oxygen atoms in total. The molecule has 1 N–H and O–H groups in total. The normalized spacial score (nSPS) is 14.6. The number of carbonyl (C=O) groups excluding carboxylic acids is 2. The summed E-state index contributed by atoms with van der Waals surface area (Å²) < 4.78 is 38.1. The lowest BCUT2D eigenvalue weighted by atomic mass is 10.2. The molecule has 0 aromatic heterocycles. The predicted molar refractivity (Wildman–Crippen MR) is 122 cm³/mol. The van der Waals surface area contributed by atoms with Crippen LogP contribution in [0.1, 0.15) is 10.4 Å². The first kappa shape index (κ1) is 24.1. The second-order valence-corrected chi connectivity index (χ2v) is 9.99. The molecule has 2 aromatic rings. The first-order valence-corrected chi connectivity index (χ1v) is 12.0. The lowest BCUT2D eigenvalue weighted by molar-refractivity contribution is 0.0729. The number of morpholine rings is 1. The van der Waals surface area contributed by atoms with Gasteiger partial charge >= 0.3 is 0 Å². The molecule has 32 heavy (non-hydrogen) atoms. The third kappa shape index (κ3) is 5.41. The Kier molecular flexibility index (Phi) is 7.77. The number of ether oxygens (including phenoxy) is 2. The largest absolute Gasteiger partial charge is 0.495 e. The molecule has 0 saturated carbocycles. The fourth-order valence-corrected chi connectivity index (χ4v) is 5.32. The van der Waals surface area contributed by atoms with Gasteiger partial charge in [0.2, 0.25) is 10.0 Å². The van der Waals surface area contributed by atoms with Gasteiger partial charge in [0.05, 0.1) is 26.0 Å². The first-order chi connectivity index (χ1) is 15.2. The maximum Gasteiger partial charge on any atom is 0.286 e. The Morgan fingerprint density at radius 2 is 1.81 bits per heavy atom. The molecule has 1 fully saturated rings. The van der Waals surface area contributed by atoms with Crippen LogP contribution in [0.5, 0.6) is 5.75 Å². The van der Waals surface area contributed by atoms with E-state index in [4.69, 9.17) is 9.47 Å². The Labute approximate surface area is 191 Å². The first-order valence-electron chi connectivity index (χ1n) is 9.79. The van der Waals surface area contributed by atoms with E-state index in [1.165, 1.54) is 34.5 Å². The molecule has 2 amide bonds. The van der Waals surface area contributed by atoms with Crippen molar-refractivity contribution >= 4 is 38.6 Å². The molecule has 1 aliphatic rings. The van der Waals surface area contributed by atoms with E-state index in [0.29, 0.717) is 23.8 Å². The molecule has 1 aliphatic heterocycles. The molecule has 0 spiro atoms. The zero-order valence-electron chi connectivity index (χ0n) is 18.0. The lowest BCUT2D eigenvalue weighted by Crippen LogP contribution is -2.40. The van der Waals surface area contributed by atoms with Gasteiger partial charge in [0, 0.05) is 37.6 Å². The number of sulfonamides is 1. The number of methoxy groups -OCH3 is 1. The van der Waals surface area contributed by atoms with Gasteiger partial charge in [-0.15, -0.1) is 0 Å². The van der Waals surface area contributed by atoms with E-state index in [-0.39, 0.29) is 34.5 Å². The molecule has 0 atom stereocenters. The van der Waals surface area contributed by atoms with Crippen molar-refractivity contribution in [3.05, 3.63) is 48.0 Å². The Morgan fingerprint density at radius 3 is 2.47 bits per heavy atom. The van der Waals surface area contributed by atoms with Gasteiger partial charge in [-0.1, -0.05) is 12.1 Å². The van der Waals surface area contributed by atoms with Crippen LogP contribution in [0, 0.1) is 0 Å². The fourth-order valence-electron chi connectivity index (χ4n) is 2.98. The average molecular weight is 480 g/mol. The van der Waals surface area contributed by atoms with Crippen LogP contribution in [0.3, 0.4) is 0 Å². The molecule has 0 bridgehead atoms. The quantitative estimate of drug-likeness (QED) is 0.635. The summed E-state index contributed by atoms with van der Waals surface area (Å²) in [6, 6.07) is 11.2. The van der Waals surface area contributed by atoms with E-state index < -0.39 is 15.9 Å². The van der Waals surface area contributed by atoms with Crippen molar-refractivity contribution < 1.29 is 27.5 Å². The van der Waals surface area contributed by atoms with Crippen LogP contribution in [0.2, 0.25) is 0 Å². The molecule has 1 saturated heterocycles. The van der Waals surface area contributed by atoms with Crippen molar-refractivity contribution in [3.8, 4) is 5.75 Å². The summed E-state index contributed by atoms with van der Waals surface area (Å²) in [6.07, 6.45) is 0. The number of thioether (sulfide) groups is 1. The van der Waals surface area contributed by atoms with Crippen LogP contribution in [0.15, 0.2) is 52.3 Å². The number of anilines is 1. The van der Waals surface area contributed by atoms with Crippen molar-refractivity contribution in [3.63, 3.8) is 0 Å². The Bertz CT molecular complexity index is 1100. The number of benzene rings is 2. The monoisotopic (exact) mass is 479 g/mol.